The molecule has 3 aromatic carbocycles. The number of nitrogens with zero attached hydrogens (tertiary/aromatic N) is 2. The van der Waals surface area contributed by atoms with Crippen LogP contribution in [0.4, 0.5) is 5.69 Å². The zero-order chi connectivity index (χ0) is 22.7. The number of fused-ring (bicyclic) bond motifs is 1. The lowest BCUT2D eigenvalue weighted by Crippen LogP contribution is -2.30. The van der Waals surface area contributed by atoms with Crippen molar-refractivity contribution in [1.29, 1.82) is 0 Å². The molecule has 2 amide bonds. The number of aromatic nitrogens is 2. The van der Waals surface area contributed by atoms with E-state index in [1.807, 2.05) is 85.1 Å². The zero-order valence-corrected chi connectivity index (χ0v) is 19.4. The smallest absolute Gasteiger partial charge is 0.251 e. The van der Waals surface area contributed by atoms with E-state index in [-0.39, 0.29) is 18.4 Å². The Kier molecular flexibility index (Phi) is 6.37. The number of hydrogen-bond donors (Lipinski definition) is 2. The number of benzene rings is 3. The van der Waals surface area contributed by atoms with Crippen LogP contribution >= 0.6 is 15.9 Å². The number of hydrogen-bond acceptors (Lipinski definition) is 3. The fourth-order valence-corrected chi connectivity index (χ4v) is 3.86. The maximum absolute atomic E-state index is 12.8. The van der Waals surface area contributed by atoms with Crippen molar-refractivity contribution in [3.05, 3.63) is 94.2 Å². The summed E-state index contributed by atoms with van der Waals surface area (Å²) in [6, 6.07) is 22.1. The number of aryl methyl sites for hydroxylation is 1. The van der Waals surface area contributed by atoms with Crippen LogP contribution in [0, 0.1) is 6.92 Å². The number of nitrogens with one attached hydrogen (secondary N) is 2. The second kappa shape index (κ2) is 9.36. The Hall–Kier alpha value is -3.45. The highest BCUT2D eigenvalue weighted by molar-refractivity contribution is 9.10. The van der Waals surface area contributed by atoms with Gasteiger partial charge in [0.25, 0.3) is 5.91 Å². The maximum Gasteiger partial charge on any atom is 0.251 e. The Bertz CT molecular complexity index is 1280. The largest absolute Gasteiger partial charge is 0.342 e. The van der Waals surface area contributed by atoms with E-state index in [1.54, 1.807) is 6.07 Å². The number of imidazole rings is 1. The third-order valence-electron chi connectivity index (χ3n) is 5.13. The molecule has 4 rings (SSSR count). The van der Waals surface area contributed by atoms with Crippen LogP contribution in [0.5, 0.6) is 0 Å². The fourth-order valence-electron chi connectivity index (χ4n) is 3.60. The van der Waals surface area contributed by atoms with Crippen molar-refractivity contribution >= 4 is 44.5 Å². The first kappa shape index (κ1) is 21.8. The lowest BCUT2D eigenvalue weighted by Gasteiger charge is -2.16. The molecular formula is C25H23BrN4O2. The van der Waals surface area contributed by atoms with Crippen molar-refractivity contribution in [1.82, 2.24) is 14.9 Å². The first-order valence-corrected chi connectivity index (χ1v) is 11.1. The van der Waals surface area contributed by atoms with Crippen LogP contribution in [0.1, 0.15) is 34.7 Å². The SMILES string of the molecule is Cc1cccc(C(=O)NC(C)c2nc3ccccc3n2CC(=O)Nc2ccc(Br)cc2)c1. The van der Waals surface area contributed by atoms with Crippen LogP contribution in [-0.4, -0.2) is 21.4 Å². The van der Waals surface area contributed by atoms with Crippen molar-refractivity contribution in [2.75, 3.05) is 5.32 Å². The molecule has 0 aliphatic carbocycles. The summed E-state index contributed by atoms with van der Waals surface area (Å²) in [6.07, 6.45) is 0. The Morgan fingerprint density at radius 3 is 2.53 bits per heavy atom. The van der Waals surface area contributed by atoms with Crippen LogP contribution < -0.4 is 10.6 Å². The average Bonchev–Trinajstić information content (AvgIpc) is 3.14. The van der Waals surface area contributed by atoms with Crippen molar-refractivity contribution in [2.24, 2.45) is 0 Å². The van der Waals surface area contributed by atoms with Crippen molar-refractivity contribution in [3.8, 4) is 0 Å². The summed E-state index contributed by atoms with van der Waals surface area (Å²) in [5, 5.41) is 5.93. The number of halogens is 1. The summed E-state index contributed by atoms with van der Waals surface area (Å²) < 4.78 is 2.79. The molecule has 162 valence electrons. The molecule has 4 aromatic rings. The Balaban J connectivity index is 1.58. The molecule has 1 unspecified atom stereocenters. The molecule has 0 spiro atoms. The van der Waals surface area contributed by atoms with Crippen molar-refractivity contribution in [2.45, 2.75) is 26.4 Å². The van der Waals surface area contributed by atoms with Gasteiger partial charge in [0.15, 0.2) is 0 Å². The second-order valence-corrected chi connectivity index (χ2v) is 8.58. The van der Waals surface area contributed by atoms with Crippen LogP contribution in [0.15, 0.2) is 77.3 Å². The van der Waals surface area contributed by atoms with Crippen LogP contribution in [0.25, 0.3) is 11.0 Å². The van der Waals surface area contributed by atoms with E-state index in [1.165, 1.54) is 0 Å². The molecule has 1 atom stereocenters. The second-order valence-electron chi connectivity index (χ2n) is 7.66. The van der Waals surface area contributed by atoms with Gasteiger partial charge in [0.05, 0.1) is 17.1 Å². The third kappa shape index (κ3) is 4.89. The van der Waals surface area contributed by atoms with Crippen molar-refractivity contribution < 1.29 is 9.59 Å². The monoisotopic (exact) mass is 490 g/mol. The lowest BCUT2D eigenvalue weighted by atomic mass is 10.1. The summed E-state index contributed by atoms with van der Waals surface area (Å²) in [6.45, 7) is 3.90. The van der Waals surface area contributed by atoms with Gasteiger partial charge >= 0.3 is 0 Å². The van der Waals surface area contributed by atoms with Crippen LogP contribution in [0.2, 0.25) is 0 Å². The van der Waals surface area contributed by atoms with E-state index >= 15 is 0 Å². The topological polar surface area (TPSA) is 76.0 Å². The minimum atomic E-state index is -0.393. The van der Waals surface area contributed by atoms with Crippen molar-refractivity contribution in [3.63, 3.8) is 0 Å². The number of carbonyl (C=O) groups is 2. The van der Waals surface area contributed by atoms with E-state index in [9.17, 15) is 9.59 Å². The predicted octanol–water partition coefficient (Wildman–Crippen LogP) is 5.24. The molecule has 0 saturated carbocycles. The van der Waals surface area contributed by atoms with Gasteiger partial charge in [-0.15, -0.1) is 0 Å². The third-order valence-corrected chi connectivity index (χ3v) is 5.66. The Labute approximate surface area is 194 Å². The molecule has 32 heavy (non-hydrogen) atoms. The molecule has 0 bridgehead atoms. The highest BCUT2D eigenvalue weighted by Gasteiger charge is 2.20. The number of amides is 2. The highest BCUT2D eigenvalue weighted by Crippen LogP contribution is 2.22. The van der Waals surface area contributed by atoms with Gasteiger partial charge in [0, 0.05) is 15.7 Å². The Morgan fingerprint density at radius 2 is 1.78 bits per heavy atom. The minimum absolute atomic E-state index is 0.0799. The summed E-state index contributed by atoms with van der Waals surface area (Å²) in [4.78, 5) is 30.3. The van der Waals surface area contributed by atoms with Gasteiger partial charge in [-0.25, -0.2) is 4.98 Å². The maximum atomic E-state index is 12.8. The predicted molar refractivity (Wildman–Crippen MR) is 130 cm³/mol. The molecule has 2 N–H and O–H groups in total. The molecular weight excluding hydrogens is 468 g/mol. The van der Waals surface area contributed by atoms with E-state index in [4.69, 9.17) is 4.98 Å². The molecule has 0 aliphatic heterocycles. The van der Waals surface area contributed by atoms with E-state index in [0.717, 1.165) is 21.1 Å². The van der Waals surface area contributed by atoms with Gasteiger partial charge in [-0.05, 0) is 62.4 Å². The van der Waals surface area contributed by atoms with E-state index < -0.39 is 6.04 Å². The summed E-state index contributed by atoms with van der Waals surface area (Å²) >= 11 is 3.39. The number of carbonyl (C=O) groups excluding carboxylic acids is 2. The number of anilines is 1. The van der Waals surface area contributed by atoms with Gasteiger partial charge in [-0.3, -0.25) is 9.59 Å². The molecule has 1 heterocycles. The molecule has 0 aliphatic rings. The lowest BCUT2D eigenvalue weighted by molar-refractivity contribution is -0.116. The van der Waals surface area contributed by atoms with Gasteiger partial charge in [-0.1, -0.05) is 45.8 Å². The zero-order valence-electron chi connectivity index (χ0n) is 17.8. The number of para-hydroxylation sites is 2. The Morgan fingerprint density at radius 1 is 1.03 bits per heavy atom. The first-order valence-electron chi connectivity index (χ1n) is 10.3. The van der Waals surface area contributed by atoms with E-state index in [0.29, 0.717) is 17.1 Å². The molecule has 0 radical (unpaired) electrons. The molecule has 7 heteroatoms. The summed E-state index contributed by atoms with van der Waals surface area (Å²) in [5.74, 6) is 0.270. The van der Waals surface area contributed by atoms with E-state index in [2.05, 4.69) is 26.6 Å². The van der Waals surface area contributed by atoms with Crippen LogP contribution in [-0.2, 0) is 11.3 Å². The highest BCUT2D eigenvalue weighted by atomic mass is 79.9. The quantitative estimate of drug-likeness (QED) is 0.388. The minimum Gasteiger partial charge on any atom is -0.342 e. The van der Waals surface area contributed by atoms with Crippen LogP contribution in [0.3, 0.4) is 0 Å². The van der Waals surface area contributed by atoms with Gasteiger partial charge in [0.2, 0.25) is 5.91 Å². The molecule has 0 fully saturated rings. The summed E-state index contributed by atoms with van der Waals surface area (Å²) in [5.41, 5.74) is 3.93. The first-order chi connectivity index (χ1) is 15.4. The number of rotatable bonds is 6. The normalized spacial score (nSPS) is 11.8. The molecule has 0 saturated heterocycles. The standard InChI is InChI=1S/C25H23BrN4O2/c1-16-6-5-7-18(14-16)25(32)27-17(2)24-29-21-8-3-4-9-22(21)30(24)15-23(31)28-20-12-10-19(26)11-13-20/h3-14,17H,15H2,1-2H3,(H,27,32)(H,28,31). The molecule has 6 nitrogen and oxygen atoms in total. The average molecular weight is 491 g/mol. The fraction of sp³-hybridized carbons (Fsp3) is 0.160. The molecule has 1 aromatic heterocycles. The summed E-state index contributed by atoms with van der Waals surface area (Å²) in [7, 11) is 0. The van der Waals surface area contributed by atoms with Gasteiger partial charge in [0.1, 0.15) is 12.4 Å². The van der Waals surface area contributed by atoms with Gasteiger partial charge in [-0.2, -0.15) is 0 Å². The van der Waals surface area contributed by atoms with Gasteiger partial charge < -0.3 is 15.2 Å².